The number of carbonyl (C=O) groups is 2. The van der Waals surface area contributed by atoms with Crippen LogP contribution in [0.5, 0.6) is 11.5 Å². The van der Waals surface area contributed by atoms with Gasteiger partial charge in [-0.3, -0.25) is 4.79 Å². The maximum atomic E-state index is 14.6. The van der Waals surface area contributed by atoms with E-state index in [2.05, 4.69) is 11.5 Å². The first-order valence-electron chi connectivity index (χ1n) is 13.2. The van der Waals surface area contributed by atoms with Gasteiger partial charge in [0.2, 0.25) is 5.91 Å². The Morgan fingerprint density at radius 3 is 2.39 bits per heavy atom. The van der Waals surface area contributed by atoms with Gasteiger partial charge in [-0.2, -0.15) is 13.2 Å². The van der Waals surface area contributed by atoms with Gasteiger partial charge in [-0.25, -0.2) is 4.79 Å². The van der Waals surface area contributed by atoms with Crippen molar-refractivity contribution < 1.29 is 37.3 Å². The third kappa shape index (κ3) is 4.18. The van der Waals surface area contributed by atoms with Crippen molar-refractivity contribution in [3.8, 4) is 11.5 Å². The number of halogens is 3. The van der Waals surface area contributed by atoms with E-state index in [0.717, 1.165) is 11.8 Å². The van der Waals surface area contributed by atoms with Crippen molar-refractivity contribution in [1.82, 2.24) is 4.90 Å². The average molecular weight is 562 g/mol. The molecule has 7 nitrogen and oxygen atoms in total. The largest absolute Gasteiger partial charge is 0.456 e. The fourth-order valence-electron chi connectivity index (χ4n) is 5.92. The number of fused-ring (bicyclic) bond motifs is 6. The molecule has 11 heteroatoms. The van der Waals surface area contributed by atoms with Crippen LogP contribution in [-0.2, 0) is 21.3 Å². The molecule has 0 saturated carbocycles. The fourth-order valence-corrected chi connectivity index (χ4v) is 5.92. The number of rotatable bonds is 3. The van der Waals surface area contributed by atoms with Crippen molar-refractivity contribution in [2.45, 2.75) is 25.5 Å². The van der Waals surface area contributed by atoms with Gasteiger partial charge >= 0.3 is 19.1 Å². The molecule has 1 spiro atoms. The number of benzene rings is 3. The maximum absolute atomic E-state index is 14.6. The highest BCUT2D eigenvalue weighted by Gasteiger charge is 2.57. The molecule has 1 amide bonds. The minimum Gasteiger partial charge on any atom is -0.456 e. The van der Waals surface area contributed by atoms with Crippen molar-refractivity contribution in [3.05, 3.63) is 94.6 Å². The normalized spacial score (nSPS) is 19.2. The molecule has 3 aliphatic heterocycles. The zero-order valence-electron chi connectivity index (χ0n) is 22.4. The number of esters is 1. The van der Waals surface area contributed by atoms with Gasteiger partial charge in [-0.15, -0.1) is 0 Å². The Kier molecular flexibility index (Phi) is 6.18. The first-order valence-corrected chi connectivity index (χ1v) is 13.2. The number of alkyl halides is 3. The van der Waals surface area contributed by atoms with Gasteiger partial charge in [0, 0.05) is 54.6 Å². The standard InChI is InChI=1S/C30H26BF3N2O5/c1-17(2)27(37)36-12-10-35(11-13-36)19-8-9-22-24(16-19)40-25-15-18(31(3)39)14-23(30(32,33)34)26(25)29(22)21-7-5-4-6-20(21)28(38)41-29/h4-9,14-16,39H,1,10-13H2,2-3H3. The molecular weight excluding hydrogens is 536 g/mol. The van der Waals surface area contributed by atoms with E-state index in [1.54, 1.807) is 48.2 Å². The van der Waals surface area contributed by atoms with E-state index >= 15 is 0 Å². The van der Waals surface area contributed by atoms with Crippen LogP contribution in [-0.4, -0.2) is 54.9 Å². The van der Waals surface area contributed by atoms with Gasteiger partial charge in [-0.05, 0) is 36.7 Å². The SMILES string of the molecule is C=C(C)C(=O)N1CCN(c2ccc3c(c2)Oc2cc(B(C)O)cc(C(F)(F)F)c2C32OC(=O)c3ccccc32)CC1. The molecular formula is C30H26BF3N2O5. The molecule has 210 valence electrons. The first kappa shape index (κ1) is 27.0. The average Bonchev–Trinajstić information content (AvgIpc) is 3.23. The number of hydrogen-bond donors (Lipinski definition) is 1. The molecule has 41 heavy (non-hydrogen) atoms. The Morgan fingerprint density at radius 1 is 1.02 bits per heavy atom. The Balaban J connectivity index is 1.51. The van der Waals surface area contributed by atoms with E-state index < -0.39 is 30.2 Å². The summed E-state index contributed by atoms with van der Waals surface area (Å²) >= 11 is 0. The third-order valence-corrected chi connectivity index (χ3v) is 7.90. The summed E-state index contributed by atoms with van der Waals surface area (Å²) < 4.78 is 56.0. The molecule has 0 aliphatic carbocycles. The van der Waals surface area contributed by atoms with Gasteiger partial charge < -0.3 is 24.3 Å². The van der Waals surface area contributed by atoms with Crippen LogP contribution in [0.1, 0.15) is 39.5 Å². The van der Waals surface area contributed by atoms with Crippen LogP contribution in [0.3, 0.4) is 0 Å². The molecule has 1 atom stereocenters. The summed E-state index contributed by atoms with van der Waals surface area (Å²) in [7, 11) is 0. The summed E-state index contributed by atoms with van der Waals surface area (Å²) in [4.78, 5) is 29.2. The van der Waals surface area contributed by atoms with E-state index in [4.69, 9.17) is 9.47 Å². The van der Waals surface area contributed by atoms with E-state index in [1.807, 2.05) is 0 Å². The molecule has 6 rings (SSSR count). The minimum absolute atomic E-state index is 0.0155. The topological polar surface area (TPSA) is 79.3 Å². The van der Waals surface area contributed by atoms with Gasteiger partial charge in [0.15, 0.2) is 5.60 Å². The fraction of sp³-hybridized carbons (Fsp3) is 0.267. The first-order chi connectivity index (χ1) is 19.4. The monoisotopic (exact) mass is 562 g/mol. The molecule has 1 fully saturated rings. The second-order valence-corrected chi connectivity index (χ2v) is 10.6. The minimum atomic E-state index is -4.84. The predicted octanol–water partition coefficient (Wildman–Crippen LogP) is 4.32. The molecule has 3 aromatic rings. The Bertz CT molecular complexity index is 1610. The lowest BCUT2D eigenvalue weighted by Crippen LogP contribution is -2.49. The summed E-state index contributed by atoms with van der Waals surface area (Å²) in [6.07, 6.45) is -4.84. The summed E-state index contributed by atoms with van der Waals surface area (Å²) in [6, 6.07) is 13.8. The number of anilines is 1. The molecule has 3 aromatic carbocycles. The summed E-state index contributed by atoms with van der Waals surface area (Å²) in [6.45, 7) is 7.58. The van der Waals surface area contributed by atoms with Crippen LogP contribution in [0.25, 0.3) is 0 Å². The molecule has 1 saturated heterocycles. The van der Waals surface area contributed by atoms with Crippen molar-refractivity contribution in [1.29, 1.82) is 0 Å². The lowest BCUT2D eigenvalue weighted by molar-refractivity contribution is -0.139. The summed E-state index contributed by atoms with van der Waals surface area (Å²) in [5, 5.41) is 10.2. The van der Waals surface area contributed by atoms with Gasteiger partial charge in [0.05, 0.1) is 16.7 Å². The Labute approximate surface area is 234 Å². The summed E-state index contributed by atoms with van der Waals surface area (Å²) in [5.41, 5.74) is -1.37. The molecule has 3 heterocycles. The number of amides is 1. The zero-order valence-corrected chi connectivity index (χ0v) is 22.4. The van der Waals surface area contributed by atoms with Gasteiger partial charge in [0.1, 0.15) is 11.5 Å². The molecule has 0 bridgehead atoms. The second-order valence-electron chi connectivity index (χ2n) is 10.6. The predicted molar refractivity (Wildman–Crippen MR) is 147 cm³/mol. The van der Waals surface area contributed by atoms with Crippen LogP contribution < -0.4 is 15.1 Å². The van der Waals surface area contributed by atoms with Crippen LogP contribution in [0, 0.1) is 0 Å². The number of nitrogens with zero attached hydrogens (tertiary/aromatic N) is 2. The van der Waals surface area contributed by atoms with Gasteiger partial charge in [-0.1, -0.05) is 37.7 Å². The smallest absolute Gasteiger partial charge is 0.416 e. The summed E-state index contributed by atoms with van der Waals surface area (Å²) in [5.74, 6) is -0.764. The molecule has 1 N–H and O–H groups in total. The van der Waals surface area contributed by atoms with Crippen LogP contribution >= 0.6 is 0 Å². The lowest BCUT2D eigenvalue weighted by Gasteiger charge is -2.40. The molecule has 3 aliphatic rings. The molecule has 0 radical (unpaired) electrons. The highest BCUT2D eigenvalue weighted by molar-refractivity contribution is 6.64. The van der Waals surface area contributed by atoms with Crippen molar-refractivity contribution in [2.24, 2.45) is 0 Å². The third-order valence-electron chi connectivity index (χ3n) is 7.90. The number of carbonyl (C=O) groups excluding carboxylic acids is 2. The van der Waals surface area contributed by atoms with Gasteiger partial charge in [0.25, 0.3) is 0 Å². The van der Waals surface area contributed by atoms with Crippen LogP contribution in [0.2, 0.25) is 6.82 Å². The highest BCUT2D eigenvalue weighted by Crippen LogP contribution is 2.59. The van der Waals surface area contributed by atoms with Crippen molar-refractivity contribution >= 4 is 29.9 Å². The van der Waals surface area contributed by atoms with Crippen molar-refractivity contribution in [2.75, 3.05) is 31.1 Å². The van der Waals surface area contributed by atoms with Crippen LogP contribution in [0.15, 0.2) is 66.7 Å². The quantitative estimate of drug-likeness (QED) is 0.291. The van der Waals surface area contributed by atoms with E-state index in [1.165, 1.54) is 19.0 Å². The molecule has 0 aromatic heterocycles. The van der Waals surface area contributed by atoms with E-state index in [9.17, 15) is 27.8 Å². The Morgan fingerprint density at radius 2 is 1.73 bits per heavy atom. The maximum Gasteiger partial charge on any atom is 0.416 e. The second kappa shape index (κ2) is 9.41. The zero-order chi connectivity index (χ0) is 29.3. The molecule has 1 unspecified atom stereocenters. The Hall–Kier alpha value is -4.25. The van der Waals surface area contributed by atoms with E-state index in [-0.39, 0.29) is 45.1 Å². The number of hydrogen-bond acceptors (Lipinski definition) is 6. The number of ether oxygens (including phenoxy) is 2. The van der Waals surface area contributed by atoms with E-state index in [0.29, 0.717) is 31.8 Å². The van der Waals surface area contributed by atoms with Crippen LogP contribution in [0.4, 0.5) is 18.9 Å². The lowest BCUT2D eigenvalue weighted by atomic mass is 9.62. The van der Waals surface area contributed by atoms with Crippen molar-refractivity contribution in [3.63, 3.8) is 0 Å². The highest BCUT2D eigenvalue weighted by atomic mass is 19.4. The number of piperazine rings is 1.